The van der Waals surface area contributed by atoms with E-state index in [2.05, 4.69) is 60.2 Å². The van der Waals surface area contributed by atoms with Gasteiger partial charge in [-0.2, -0.15) is 0 Å². The Kier molecular flexibility index (Phi) is 3.83. The van der Waals surface area contributed by atoms with Crippen LogP contribution < -0.4 is 0 Å². The normalized spacial score (nSPS) is 26.2. The zero-order chi connectivity index (χ0) is 14.2. The Bertz CT molecular complexity index is 625. The predicted molar refractivity (Wildman–Crippen MR) is 87.8 cm³/mol. The molecule has 2 aromatic rings. The largest absolute Gasteiger partial charge is 0.324 e. The zero-order valence-corrected chi connectivity index (χ0v) is 13.9. The van der Waals surface area contributed by atoms with Crippen LogP contribution in [0.5, 0.6) is 0 Å². The summed E-state index contributed by atoms with van der Waals surface area (Å²) in [5.74, 6) is 0. The van der Waals surface area contributed by atoms with Gasteiger partial charge in [0, 0.05) is 34.8 Å². The highest BCUT2D eigenvalue weighted by Crippen LogP contribution is 2.25. The van der Waals surface area contributed by atoms with Crippen LogP contribution in [0.15, 0.2) is 34.8 Å². The second-order valence-electron chi connectivity index (χ2n) is 6.31. The number of hydrogen-bond donors (Lipinski definition) is 0. The van der Waals surface area contributed by atoms with Crippen molar-refractivity contribution < 1.29 is 4.48 Å². The molecule has 0 N–H and O–H groups in total. The third-order valence-electron chi connectivity index (χ3n) is 4.94. The van der Waals surface area contributed by atoms with Gasteiger partial charge in [0.25, 0.3) is 0 Å². The number of halogens is 1. The molecule has 1 aliphatic heterocycles. The molecule has 3 rings (SSSR count). The third kappa shape index (κ3) is 2.75. The summed E-state index contributed by atoms with van der Waals surface area (Å²) in [6.45, 7) is 4.91. The molecule has 0 spiro atoms. The Hall–Kier alpha value is -0.930. The molecule has 2 heterocycles. The van der Waals surface area contributed by atoms with Crippen LogP contribution in [-0.2, 0) is 6.42 Å². The molecule has 1 saturated heterocycles. The molecule has 1 aliphatic rings. The van der Waals surface area contributed by atoms with Crippen LogP contribution in [0.25, 0.3) is 10.9 Å². The fourth-order valence-electron chi connectivity index (χ4n) is 3.26. The number of rotatable bonds is 3. The van der Waals surface area contributed by atoms with E-state index in [9.17, 15) is 0 Å². The standard InChI is InChI=1S/C17H22BrN2/c1-13-4-3-10-20(13,2)11-9-16-7-5-14-12-15(18)6-8-17(14)19-16/h5-8,12-13H,3-4,9-11H2,1-2H3/q+1/t13-,20?/m1/s1. The molecule has 2 atom stereocenters. The van der Waals surface area contributed by atoms with Crippen molar-refractivity contribution in [1.29, 1.82) is 0 Å². The number of likely N-dealkylation sites (N-methyl/N-ethyl adjacent to an activating group) is 1. The van der Waals surface area contributed by atoms with Gasteiger partial charge in [-0.3, -0.25) is 4.98 Å². The Labute approximate surface area is 129 Å². The molecule has 0 bridgehead atoms. The summed E-state index contributed by atoms with van der Waals surface area (Å²) in [6.07, 6.45) is 3.82. The first-order valence-electron chi connectivity index (χ1n) is 7.46. The molecular formula is C17H22BrN2+. The maximum atomic E-state index is 4.80. The average Bonchev–Trinajstić information content (AvgIpc) is 2.77. The first-order valence-corrected chi connectivity index (χ1v) is 8.25. The molecule has 0 aliphatic carbocycles. The summed E-state index contributed by atoms with van der Waals surface area (Å²) in [7, 11) is 2.40. The summed E-state index contributed by atoms with van der Waals surface area (Å²) in [5.41, 5.74) is 2.32. The van der Waals surface area contributed by atoms with E-state index < -0.39 is 0 Å². The minimum Gasteiger partial charge on any atom is -0.324 e. The fraction of sp³-hybridized carbons (Fsp3) is 0.471. The highest BCUT2D eigenvalue weighted by Gasteiger charge is 2.33. The van der Waals surface area contributed by atoms with Gasteiger partial charge in [-0.25, -0.2) is 0 Å². The van der Waals surface area contributed by atoms with Crippen LogP contribution >= 0.6 is 15.9 Å². The Balaban J connectivity index is 1.76. The first-order chi connectivity index (χ1) is 9.57. The lowest BCUT2D eigenvalue weighted by atomic mass is 10.1. The van der Waals surface area contributed by atoms with Gasteiger partial charge in [-0.05, 0) is 31.2 Å². The summed E-state index contributed by atoms with van der Waals surface area (Å²) in [5, 5.41) is 1.21. The number of benzene rings is 1. The molecule has 20 heavy (non-hydrogen) atoms. The molecule has 0 radical (unpaired) electrons. The molecule has 1 fully saturated rings. The van der Waals surface area contributed by atoms with Crippen molar-refractivity contribution in [3.05, 3.63) is 40.5 Å². The van der Waals surface area contributed by atoms with Gasteiger partial charge >= 0.3 is 0 Å². The van der Waals surface area contributed by atoms with E-state index in [4.69, 9.17) is 4.98 Å². The molecular weight excluding hydrogens is 312 g/mol. The Morgan fingerprint density at radius 3 is 2.90 bits per heavy atom. The van der Waals surface area contributed by atoms with Crippen LogP contribution in [0, 0.1) is 0 Å². The van der Waals surface area contributed by atoms with Crippen molar-refractivity contribution in [3.63, 3.8) is 0 Å². The van der Waals surface area contributed by atoms with Gasteiger partial charge in [-0.15, -0.1) is 0 Å². The number of quaternary nitrogens is 1. The minimum atomic E-state index is 0.798. The smallest absolute Gasteiger partial charge is 0.0862 e. The van der Waals surface area contributed by atoms with Gasteiger partial charge in [-0.1, -0.05) is 22.0 Å². The molecule has 3 heteroatoms. The SMILES string of the molecule is C[C@@H]1CCC[N+]1(C)CCc1ccc2cc(Br)ccc2n1. The molecule has 1 aromatic carbocycles. The quantitative estimate of drug-likeness (QED) is 0.768. The van der Waals surface area contributed by atoms with Crippen molar-refractivity contribution in [1.82, 2.24) is 4.98 Å². The first kappa shape index (κ1) is 14.0. The van der Waals surface area contributed by atoms with E-state index in [1.807, 2.05) is 0 Å². The van der Waals surface area contributed by atoms with Gasteiger partial charge in [0.15, 0.2) is 0 Å². The van der Waals surface area contributed by atoms with Gasteiger partial charge in [0.2, 0.25) is 0 Å². The van der Waals surface area contributed by atoms with E-state index in [-0.39, 0.29) is 0 Å². The molecule has 0 amide bonds. The second-order valence-corrected chi connectivity index (χ2v) is 7.22. The maximum Gasteiger partial charge on any atom is 0.0862 e. The molecule has 1 unspecified atom stereocenters. The van der Waals surface area contributed by atoms with E-state index in [0.29, 0.717) is 0 Å². The van der Waals surface area contributed by atoms with Crippen LogP contribution in [0.4, 0.5) is 0 Å². The highest BCUT2D eigenvalue weighted by atomic mass is 79.9. The molecule has 106 valence electrons. The van der Waals surface area contributed by atoms with E-state index in [1.54, 1.807) is 0 Å². The van der Waals surface area contributed by atoms with Crippen LogP contribution in [0.1, 0.15) is 25.5 Å². The minimum absolute atomic E-state index is 0.798. The van der Waals surface area contributed by atoms with E-state index >= 15 is 0 Å². The fourth-order valence-corrected chi connectivity index (χ4v) is 3.64. The molecule has 0 saturated carbocycles. The van der Waals surface area contributed by atoms with Gasteiger partial charge in [0.05, 0.1) is 31.7 Å². The number of aromatic nitrogens is 1. The van der Waals surface area contributed by atoms with E-state index in [0.717, 1.165) is 22.5 Å². The van der Waals surface area contributed by atoms with Crippen LogP contribution in [0.3, 0.4) is 0 Å². The lowest BCUT2D eigenvalue weighted by molar-refractivity contribution is -0.919. The van der Waals surface area contributed by atoms with Crippen LogP contribution in [-0.4, -0.2) is 35.6 Å². The van der Waals surface area contributed by atoms with E-state index in [1.165, 1.54) is 41.5 Å². The zero-order valence-electron chi connectivity index (χ0n) is 12.3. The molecule has 2 nitrogen and oxygen atoms in total. The third-order valence-corrected chi connectivity index (χ3v) is 5.44. The van der Waals surface area contributed by atoms with Gasteiger partial charge < -0.3 is 4.48 Å². The van der Waals surface area contributed by atoms with Crippen molar-refractivity contribution in [2.45, 2.75) is 32.2 Å². The second kappa shape index (κ2) is 5.45. The average molecular weight is 334 g/mol. The Morgan fingerprint density at radius 1 is 1.30 bits per heavy atom. The number of fused-ring (bicyclic) bond motifs is 1. The molecule has 1 aromatic heterocycles. The Morgan fingerprint density at radius 2 is 2.15 bits per heavy atom. The van der Waals surface area contributed by atoms with Crippen LogP contribution in [0.2, 0.25) is 0 Å². The predicted octanol–water partition coefficient (Wildman–Crippen LogP) is 4.17. The maximum absolute atomic E-state index is 4.80. The van der Waals surface area contributed by atoms with Crippen molar-refractivity contribution in [3.8, 4) is 0 Å². The summed E-state index contributed by atoms with van der Waals surface area (Å²) in [6, 6.07) is 11.5. The van der Waals surface area contributed by atoms with Crippen molar-refractivity contribution >= 4 is 26.8 Å². The van der Waals surface area contributed by atoms with Gasteiger partial charge in [0.1, 0.15) is 0 Å². The number of nitrogens with zero attached hydrogens (tertiary/aromatic N) is 2. The topological polar surface area (TPSA) is 12.9 Å². The lowest BCUT2D eigenvalue weighted by Gasteiger charge is -2.34. The monoisotopic (exact) mass is 333 g/mol. The summed E-state index contributed by atoms with van der Waals surface area (Å²) < 4.78 is 2.32. The lowest BCUT2D eigenvalue weighted by Crippen LogP contribution is -2.47. The highest BCUT2D eigenvalue weighted by molar-refractivity contribution is 9.10. The number of hydrogen-bond acceptors (Lipinski definition) is 1. The van der Waals surface area contributed by atoms with Crippen molar-refractivity contribution in [2.24, 2.45) is 0 Å². The number of pyridine rings is 1. The summed E-state index contributed by atoms with van der Waals surface area (Å²) >= 11 is 3.51. The number of likely N-dealkylation sites (tertiary alicyclic amines) is 1. The van der Waals surface area contributed by atoms with Crippen molar-refractivity contribution in [2.75, 3.05) is 20.1 Å². The summed E-state index contributed by atoms with van der Waals surface area (Å²) in [4.78, 5) is 4.80.